The first kappa shape index (κ1) is 13.5. The molecule has 21 heavy (non-hydrogen) atoms. The van der Waals surface area contributed by atoms with Crippen LogP contribution in [0.3, 0.4) is 0 Å². The number of aromatic nitrogens is 3. The molecule has 106 valence electrons. The van der Waals surface area contributed by atoms with Gasteiger partial charge in [0.1, 0.15) is 0 Å². The summed E-state index contributed by atoms with van der Waals surface area (Å²) < 4.78 is 1.69. The van der Waals surface area contributed by atoms with Gasteiger partial charge < -0.3 is 5.32 Å². The van der Waals surface area contributed by atoms with E-state index in [9.17, 15) is 4.79 Å². The van der Waals surface area contributed by atoms with Crippen LogP contribution in [0.1, 0.15) is 20.1 Å². The van der Waals surface area contributed by atoms with Crippen molar-refractivity contribution in [1.29, 1.82) is 0 Å². The molecule has 1 N–H and O–H groups in total. The van der Waals surface area contributed by atoms with E-state index < -0.39 is 0 Å². The van der Waals surface area contributed by atoms with Gasteiger partial charge in [0.25, 0.3) is 5.91 Å². The lowest BCUT2D eigenvalue weighted by molar-refractivity contribution is 0.0955. The molecule has 0 aliphatic carbocycles. The highest BCUT2D eigenvalue weighted by Crippen LogP contribution is 2.14. The molecule has 0 aromatic carbocycles. The molecule has 3 heterocycles. The third-order valence-corrected chi connectivity index (χ3v) is 3.96. The molecule has 3 aromatic rings. The molecule has 0 fully saturated rings. The van der Waals surface area contributed by atoms with E-state index >= 15 is 0 Å². The smallest absolute Gasteiger partial charge is 0.261 e. The van der Waals surface area contributed by atoms with Crippen molar-refractivity contribution >= 4 is 17.2 Å². The lowest BCUT2D eigenvalue weighted by Crippen LogP contribution is -2.21. The molecule has 0 radical (unpaired) electrons. The number of aryl methyl sites for hydroxylation is 1. The molecule has 0 saturated carbocycles. The largest absolute Gasteiger partial charge is 0.347 e. The summed E-state index contributed by atoms with van der Waals surface area (Å²) in [6.45, 7) is 2.45. The molecule has 0 saturated heterocycles. The standard InChI is InChI=1S/C15H14N4OS/c1-11-3-5-13(21-11)15(20)17-10-12-4-6-14(16-9-12)19-8-2-7-18-19/h2-9H,10H2,1H3,(H,17,20). The number of carbonyl (C=O) groups is 1. The van der Waals surface area contributed by atoms with E-state index in [0.29, 0.717) is 6.54 Å². The van der Waals surface area contributed by atoms with Crippen LogP contribution >= 0.6 is 11.3 Å². The third kappa shape index (κ3) is 3.17. The summed E-state index contributed by atoms with van der Waals surface area (Å²) in [5, 5.41) is 7.01. The number of amides is 1. The van der Waals surface area contributed by atoms with Crippen molar-refractivity contribution in [3.8, 4) is 5.82 Å². The number of nitrogens with zero attached hydrogens (tertiary/aromatic N) is 3. The second-order valence-electron chi connectivity index (χ2n) is 4.57. The molecule has 0 unspecified atom stereocenters. The Hall–Kier alpha value is -2.47. The Morgan fingerprint density at radius 2 is 2.24 bits per heavy atom. The molecule has 0 atom stereocenters. The molecule has 3 aromatic heterocycles. The molecular weight excluding hydrogens is 284 g/mol. The van der Waals surface area contributed by atoms with Crippen molar-refractivity contribution in [2.75, 3.05) is 0 Å². The van der Waals surface area contributed by atoms with Gasteiger partial charge in [0, 0.05) is 30.0 Å². The van der Waals surface area contributed by atoms with Crippen LogP contribution in [0.4, 0.5) is 0 Å². The highest BCUT2D eigenvalue weighted by molar-refractivity contribution is 7.13. The van der Waals surface area contributed by atoms with Crippen LogP contribution in [0.25, 0.3) is 5.82 Å². The monoisotopic (exact) mass is 298 g/mol. The zero-order chi connectivity index (χ0) is 14.7. The Balaban J connectivity index is 1.62. The van der Waals surface area contributed by atoms with Gasteiger partial charge in [0.2, 0.25) is 0 Å². The van der Waals surface area contributed by atoms with E-state index in [-0.39, 0.29) is 5.91 Å². The molecule has 5 nitrogen and oxygen atoms in total. The predicted octanol–water partition coefficient (Wildman–Crippen LogP) is 2.57. The summed E-state index contributed by atoms with van der Waals surface area (Å²) in [4.78, 5) is 18.1. The summed E-state index contributed by atoms with van der Waals surface area (Å²) in [5.41, 5.74) is 0.951. The van der Waals surface area contributed by atoms with Crippen molar-refractivity contribution in [3.63, 3.8) is 0 Å². The third-order valence-electron chi connectivity index (χ3n) is 2.97. The average Bonchev–Trinajstić information content (AvgIpc) is 3.16. The second kappa shape index (κ2) is 5.88. The maximum atomic E-state index is 11.9. The minimum atomic E-state index is -0.0516. The van der Waals surface area contributed by atoms with Crippen molar-refractivity contribution in [3.05, 3.63) is 64.2 Å². The number of hydrogen-bond acceptors (Lipinski definition) is 4. The van der Waals surface area contributed by atoms with E-state index in [1.807, 2.05) is 43.5 Å². The summed E-state index contributed by atoms with van der Waals surface area (Å²) in [5.74, 6) is 0.702. The van der Waals surface area contributed by atoms with Crippen LogP contribution in [-0.4, -0.2) is 20.7 Å². The van der Waals surface area contributed by atoms with Gasteiger partial charge in [-0.1, -0.05) is 6.07 Å². The van der Waals surface area contributed by atoms with Crippen LogP contribution in [0.5, 0.6) is 0 Å². The number of pyridine rings is 1. The normalized spacial score (nSPS) is 10.5. The van der Waals surface area contributed by atoms with E-state index in [1.54, 1.807) is 17.1 Å². The highest BCUT2D eigenvalue weighted by Gasteiger charge is 2.07. The van der Waals surface area contributed by atoms with Gasteiger partial charge in [-0.25, -0.2) is 9.67 Å². The number of carbonyl (C=O) groups excluding carboxylic acids is 1. The topological polar surface area (TPSA) is 59.8 Å². The molecule has 0 aliphatic heterocycles. The molecular formula is C15H14N4OS. The number of rotatable bonds is 4. The Kier molecular flexibility index (Phi) is 3.79. The van der Waals surface area contributed by atoms with Gasteiger partial charge in [-0.3, -0.25) is 4.79 Å². The molecule has 1 amide bonds. The van der Waals surface area contributed by atoms with Gasteiger partial charge in [-0.15, -0.1) is 11.3 Å². The number of thiophene rings is 1. The van der Waals surface area contributed by atoms with Crippen LogP contribution in [0, 0.1) is 6.92 Å². The van der Waals surface area contributed by atoms with E-state index in [1.165, 1.54) is 11.3 Å². The maximum absolute atomic E-state index is 11.9. The predicted molar refractivity (Wildman–Crippen MR) is 81.6 cm³/mol. The van der Waals surface area contributed by atoms with Crippen LogP contribution in [-0.2, 0) is 6.54 Å². The Labute approximate surface area is 126 Å². The van der Waals surface area contributed by atoms with Crippen LogP contribution in [0.2, 0.25) is 0 Å². The van der Waals surface area contributed by atoms with Crippen molar-refractivity contribution < 1.29 is 4.79 Å². The molecule has 0 spiro atoms. The zero-order valence-electron chi connectivity index (χ0n) is 11.5. The van der Waals surface area contributed by atoms with E-state index in [0.717, 1.165) is 21.1 Å². The Morgan fingerprint density at radius 3 is 2.86 bits per heavy atom. The fraction of sp³-hybridized carbons (Fsp3) is 0.133. The van der Waals surface area contributed by atoms with E-state index in [4.69, 9.17) is 0 Å². The minimum Gasteiger partial charge on any atom is -0.347 e. The summed E-state index contributed by atoms with van der Waals surface area (Å²) in [6.07, 6.45) is 5.29. The lowest BCUT2D eigenvalue weighted by atomic mass is 10.3. The first-order valence-electron chi connectivity index (χ1n) is 6.52. The SMILES string of the molecule is Cc1ccc(C(=O)NCc2ccc(-n3cccn3)nc2)s1. The van der Waals surface area contributed by atoms with Crippen LogP contribution in [0.15, 0.2) is 48.9 Å². The van der Waals surface area contributed by atoms with Gasteiger partial charge in [-0.2, -0.15) is 5.10 Å². The second-order valence-corrected chi connectivity index (χ2v) is 5.86. The summed E-state index contributed by atoms with van der Waals surface area (Å²) in [6, 6.07) is 9.45. The fourth-order valence-electron chi connectivity index (χ4n) is 1.89. The maximum Gasteiger partial charge on any atom is 0.261 e. The lowest BCUT2D eigenvalue weighted by Gasteiger charge is -2.05. The highest BCUT2D eigenvalue weighted by atomic mass is 32.1. The first-order chi connectivity index (χ1) is 10.2. The van der Waals surface area contributed by atoms with Crippen molar-refractivity contribution in [2.45, 2.75) is 13.5 Å². The fourth-order valence-corrected chi connectivity index (χ4v) is 2.67. The van der Waals surface area contributed by atoms with Crippen molar-refractivity contribution in [2.24, 2.45) is 0 Å². The van der Waals surface area contributed by atoms with Gasteiger partial charge in [-0.05, 0) is 36.8 Å². The molecule has 3 rings (SSSR count). The zero-order valence-corrected chi connectivity index (χ0v) is 12.3. The molecule has 0 aliphatic rings. The molecule has 6 heteroatoms. The summed E-state index contributed by atoms with van der Waals surface area (Å²) >= 11 is 1.49. The number of nitrogens with one attached hydrogen (secondary N) is 1. The quantitative estimate of drug-likeness (QED) is 0.805. The Morgan fingerprint density at radius 1 is 1.33 bits per heavy atom. The van der Waals surface area contributed by atoms with Crippen LogP contribution < -0.4 is 5.32 Å². The Bertz CT molecular complexity index is 731. The van der Waals surface area contributed by atoms with Gasteiger partial charge in [0.15, 0.2) is 5.82 Å². The minimum absolute atomic E-state index is 0.0516. The van der Waals surface area contributed by atoms with Gasteiger partial charge >= 0.3 is 0 Å². The average molecular weight is 298 g/mol. The van der Waals surface area contributed by atoms with E-state index in [2.05, 4.69) is 15.4 Å². The van der Waals surface area contributed by atoms with Gasteiger partial charge in [0.05, 0.1) is 4.88 Å². The number of hydrogen-bond donors (Lipinski definition) is 1. The first-order valence-corrected chi connectivity index (χ1v) is 7.33. The van der Waals surface area contributed by atoms with Crippen molar-refractivity contribution in [1.82, 2.24) is 20.1 Å². The summed E-state index contributed by atoms with van der Waals surface area (Å²) in [7, 11) is 0. The molecule has 0 bridgehead atoms.